The molecule has 0 saturated carbocycles. The van der Waals surface area contributed by atoms with Gasteiger partial charge in [-0.05, 0) is 49.9 Å². The third kappa shape index (κ3) is 5.71. The number of carbonyl (C=O) groups is 2. The van der Waals surface area contributed by atoms with Gasteiger partial charge < -0.3 is 10.6 Å². The number of piperidine rings is 1. The highest BCUT2D eigenvalue weighted by molar-refractivity contribution is 7.89. The quantitative estimate of drug-likeness (QED) is 0.688. The van der Waals surface area contributed by atoms with Gasteiger partial charge in [-0.15, -0.1) is 0 Å². The first-order valence-corrected chi connectivity index (χ1v) is 11.9. The van der Waals surface area contributed by atoms with Gasteiger partial charge in [0, 0.05) is 24.7 Å². The number of rotatable bonds is 7. The highest BCUT2D eigenvalue weighted by atomic mass is 32.2. The summed E-state index contributed by atoms with van der Waals surface area (Å²) in [7, 11) is -3.68. The van der Waals surface area contributed by atoms with Crippen molar-refractivity contribution in [2.75, 3.05) is 13.1 Å². The molecule has 0 aliphatic carbocycles. The van der Waals surface area contributed by atoms with Crippen LogP contribution >= 0.6 is 0 Å². The number of sulfonamides is 1. The maximum absolute atomic E-state index is 13.1. The van der Waals surface area contributed by atoms with Crippen LogP contribution in [0.5, 0.6) is 0 Å². The van der Waals surface area contributed by atoms with Crippen LogP contribution in [0.4, 0.5) is 0 Å². The Hall–Kier alpha value is -2.71. The minimum absolute atomic E-state index is 0.0642. The molecule has 1 unspecified atom stereocenters. The predicted molar refractivity (Wildman–Crippen MR) is 119 cm³/mol. The number of benzene rings is 2. The number of hydrogen-bond donors (Lipinski definition) is 2. The van der Waals surface area contributed by atoms with Crippen molar-refractivity contribution in [2.45, 2.75) is 50.6 Å². The fourth-order valence-electron chi connectivity index (χ4n) is 3.69. The molecule has 7 nitrogen and oxygen atoms in total. The minimum Gasteiger partial charge on any atom is -0.350 e. The molecule has 1 fully saturated rings. The van der Waals surface area contributed by atoms with Crippen molar-refractivity contribution in [3.05, 3.63) is 65.2 Å². The Morgan fingerprint density at radius 1 is 1.06 bits per heavy atom. The Morgan fingerprint density at radius 3 is 2.52 bits per heavy atom. The van der Waals surface area contributed by atoms with Gasteiger partial charge >= 0.3 is 0 Å². The minimum atomic E-state index is -3.68. The lowest BCUT2D eigenvalue weighted by Gasteiger charge is -2.32. The first-order chi connectivity index (χ1) is 14.8. The zero-order valence-corrected chi connectivity index (χ0v) is 18.7. The zero-order valence-electron chi connectivity index (χ0n) is 17.9. The van der Waals surface area contributed by atoms with Crippen LogP contribution in [0.2, 0.25) is 0 Å². The highest BCUT2D eigenvalue weighted by Crippen LogP contribution is 2.26. The van der Waals surface area contributed by atoms with Crippen LogP contribution in [0.15, 0.2) is 53.4 Å². The molecular formula is C23H29N3O4S. The second-order valence-corrected chi connectivity index (χ2v) is 9.77. The number of carbonyl (C=O) groups excluding carboxylic acids is 2. The van der Waals surface area contributed by atoms with Crippen molar-refractivity contribution < 1.29 is 18.0 Å². The number of nitrogens with one attached hydrogen (secondary N) is 2. The number of aryl methyl sites for hydroxylation is 1. The normalized spacial score (nSPS) is 17.2. The van der Waals surface area contributed by atoms with E-state index in [9.17, 15) is 18.0 Å². The molecule has 31 heavy (non-hydrogen) atoms. The molecule has 0 aromatic heterocycles. The molecule has 2 aromatic carbocycles. The summed E-state index contributed by atoms with van der Waals surface area (Å²) in [5, 5.41) is 5.33. The summed E-state index contributed by atoms with van der Waals surface area (Å²) < 4.78 is 27.7. The summed E-state index contributed by atoms with van der Waals surface area (Å²) in [6.45, 7) is 4.32. The summed E-state index contributed by atoms with van der Waals surface area (Å²) >= 11 is 0. The fourth-order valence-corrected chi connectivity index (χ4v) is 5.41. The van der Waals surface area contributed by atoms with Gasteiger partial charge in [-0.25, -0.2) is 8.42 Å². The molecule has 0 bridgehead atoms. The first-order valence-electron chi connectivity index (χ1n) is 10.5. The van der Waals surface area contributed by atoms with E-state index in [0.29, 0.717) is 18.7 Å². The average molecular weight is 444 g/mol. The summed E-state index contributed by atoms with van der Waals surface area (Å²) in [5.74, 6) is -0.795. The second-order valence-electron chi connectivity index (χ2n) is 7.88. The van der Waals surface area contributed by atoms with Crippen LogP contribution in [0.1, 0.15) is 47.7 Å². The molecule has 1 saturated heterocycles. The first kappa shape index (κ1) is 23.0. The fraction of sp³-hybridized carbons (Fsp3) is 0.391. The van der Waals surface area contributed by atoms with Crippen molar-refractivity contribution in [3.8, 4) is 0 Å². The molecule has 1 aliphatic rings. The third-order valence-electron chi connectivity index (χ3n) is 5.54. The Bertz CT molecular complexity index is 1040. The van der Waals surface area contributed by atoms with E-state index in [2.05, 4.69) is 10.6 Å². The van der Waals surface area contributed by atoms with Gasteiger partial charge in [0.2, 0.25) is 15.9 Å². The van der Waals surface area contributed by atoms with Crippen LogP contribution < -0.4 is 10.6 Å². The van der Waals surface area contributed by atoms with E-state index in [4.69, 9.17) is 0 Å². The van der Waals surface area contributed by atoms with E-state index in [0.717, 1.165) is 24.8 Å². The largest absolute Gasteiger partial charge is 0.350 e. The van der Waals surface area contributed by atoms with Crippen LogP contribution in [0.25, 0.3) is 0 Å². The lowest BCUT2D eigenvalue weighted by Crippen LogP contribution is -2.42. The third-order valence-corrected chi connectivity index (χ3v) is 7.55. The summed E-state index contributed by atoms with van der Waals surface area (Å²) in [6.07, 6.45) is 2.68. The standard InChI is InChI=1S/C23H29N3O4S/c1-17-11-12-20(31(29,30)26-13-7-6-8-18(26)2)14-21(17)23(28)25-16-22(27)24-15-19-9-4-3-5-10-19/h3-5,9-12,14,18H,6-8,13,15-16H2,1-2H3,(H,24,27)(H,25,28). The van der Waals surface area contributed by atoms with Crippen molar-refractivity contribution in [3.63, 3.8) is 0 Å². The van der Waals surface area contributed by atoms with Gasteiger partial charge in [0.25, 0.3) is 5.91 Å². The van der Waals surface area contributed by atoms with E-state index >= 15 is 0 Å². The summed E-state index contributed by atoms with van der Waals surface area (Å²) in [6, 6.07) is 14.0. The molecule has 1 aliphatic heterocycles. The molecule has 2 aromatic rings. The second kappa shape index (κ2) is 10.1. The van der Waals surface area contributed by atoms with Gasteiger partial charge in [-0.2, -0.15) is 4.31 Å². The molecule has 0 spiro atoms. The highest BCUT2D eigenvalue weighted by Gasteiger charge is 2.31. The Balaban J connectivity index is 1.65. The van der Waals surface area contributed by atoms with Gasteiger partial charge in [0.05, 0.1) is 11.4 Å². The van der Waals surface area contributed by atoms with E-state index in [1.165, 1.54) is 16.4 Å². The molecule has 1 heterocycles. The van der Waals surface area contributed by atoms with E-state index < -0.39 is 15.9 Å². The van der Waals surface area contributed by atoms with Gasteiger partial charge in [-0.3, -0.25) is 9.59 Å². The zero-order chi connectivity index (χ0) is 22.4. The molecule has 2 N–H and O–H groups in total. The van der Waals surface area contributed by atoms with E-state index in [1.807, 2.05) is 37.3 Å². The van der Waals surface area contributed by atoms with Crippen molar-refractivity contribution in [1.82, 2.24) is 14.9 Å². The topological polar surface area (TPSA) is 95.6 Å². The van der Waals surface area contributed by atoms with Crippen molar-refractivity contribution >= 4 is 21.8 Å². The molecule has 166 valence electrons. The molecular weight excluding hydrogens is 414 g/mol. The van der Waals surface area contributed by atoms with Crippen molar-refractivity contribution in [1.29, 1.82) is 0 Å². The number of nitrogens with zero attached hydrogens (tertiary/aromatic N) is 1. The van der Waals surface area contributed by atoms with Gasteiger partial charge in [0.15, 0.2) is 0 Å². The smallest absolute Gasteiger partial charge is 0.252 e. The van der Waals surface area contributed by atoms with Crippen LogP contribution in [-0.4, -0.2) is 43.7 Å². The predicted octanol–water partition coefficient (Wildman–Crippen LogP) is 2.60. The molecule has 0 radical (unpaired) electrons. The molecule has 3 rings (SSSR count). The van der Waals surface area contributed by atoms with Crippen LogP contribution in [0, 0.1) is 6.92 Å². The lowest BCUT2D eigenvalue weighted by atomic mass is 10.1. The van der Waals surface area contributed by atoms with Gasteiger partial charge in [0.1, 0.15) is 0 Å². The number of amides is 2. The number of hydrogen-bond acceptors (Lipinski definition) is 4. The molecule has 1 atom stereocenters. The van der Waals surface area contributed by atoms with E-state index in [1.54, 1.807) is 13.0 Å². The van der Waals surface area contributed by atoms with Gasteiger partial charge in [-0.1, -0.05) is 42.8 Å². The Kier molecular flexibility index (Phi) is 7.46. The lowest BCUT2D eigenvalue weighted by molar-refractivity contribution is -0.120. The monoisotopic (exact) mass is 443 g/mol. The van der Waals surface area contributed by atoms with Crippen LogP contribution in [0.3, 0.4) is 0 Å². The van der Waals surface area contributed by atoms with Crippen LogP contribution in [-0.2, 0) is 21.4 Å². The summed E-state index contributed by atoms with van der Waals surface area (Å²) in [5.41, 5.74) is 1.86. The molecule has 2 amide bonds. The SMILES string of the molecule is Cc1ccc(S(=O)(=O)N2CCCCC2C)cc1C(=O)NCC(=O)NCc1ccccc1. The summed E-state index contributed by atoms with van der Waals surface area (Å²) in [4.78, 5) is 24.8. The molecule has 8 heteroatoms. The Labute approximate surface area is 183 Å². The Morgan fingerprint density at radius 2 is 1.81 bits per heavy atom. The van der Waals surface area contributed by atoms with E-state index in [-0.39, 0.29) is 29.0 Å². The average Bonchev–Trinajstić information content (AvgIpc) is 2.77. The maximum Gasteiger partial charge on any atom is 0.252 e. The maximum atomic E-state index is 13.1. The van der Waals surface area contributed by atoms with Crippen molar-refractivity contribution in [2.24, 2.45) is 0 Å².